The molecular weight excluding hydrogens is 232 g/mol. The third-order valence-electron chi connectivity index (χ3n) is 4.03. The molecule has 0 bridgehead atoms. The first-order valence-electron chi connectivity index (χ1n) is 7.68. The minimum Gasteiger partial charge on any atom is -0.347 e. The highest BCUT2D eigenvalue weighted by atomic mass is 15.0. The Balaban J connectivity index is 1.79. The normalized spacial score (nSPS) is 15.2. The molecule has 0 saturated heterocycles. The van der Waals surface area contributed by atoms with E-state index in [1.807, 2.05) is 0 Å². The smallest absolute Gasteiger partial charge is 0.0483 e. The Morgan fingerprint density at radius 1 is 1.21 bits per heavy atom. The number of benzene rings is 1. The molecule has 0 atom stereocenters. The second kappa shape index (κ2) is 5.79. The molecule has 2 aromatic rings. The first-order chi connectivity index (χ1) is 9.38. The Bertz CT molecular complexity index is 537. The lowest BCUT2D eigenvalue weighted by Gasteiger charge is -2.03. The summed E-state index contributed by atoms with van der Waals surface area (Å²) in [6.45, 7) is 4.43. The molecule has 1 aliphatic carbocycles. The summed E-state index contributed by atoms with van der Waals surface area (Å²) in [4.78, 5) is 0. The summed E-state index contributed by atoms with van der Waals surface area (Å²) in [6.07, 6.45) is 8.96. The van der Waals surface area contributed by atoms with Crippen molar-refractivity contribution in [3.05, 3.63) is 36.0 Å². The van der Waals surface area contributed by atoms with Crippen LogP contribution in [0.3, 0.4) is 0 Å². The van der Waals surface area contributed by atoms with Gasteiger partial charge < -0.3 is 9.88 Å². The van der Waals surface area contributed by atoms with Crippen LogP contribution >= 0.6 is 0 Å². The summed E-state index contributed by atoms with van der Waals surface area (Å²) in [5.41, 5.74) is 2.85. The summed E-state index contributed by atoms with van der Waals surface area (Å²) in [5, 5.41) is 5.06. The first-order valence-corrected chi connectivity index (χ1v) is 7.68. The van der Waals surface area contributed by atoms with Gasteiger partial charge in [-0.05, 0) is 30.9 Å². The van der Waals surface area contributed by atoms with Gasteiger partial charge in [0.25, 0.3) is 0 Å². The zero-order chi connectivity index (χ0) is 13.1. The average molecular weight is 256 g/mol. The molecule has 2 nitrogen and oxygen atoms in total. The summed E-state index contributed by atoms with van der Waals surface area (Å²) in [5.74, 6) is 0. The third-order valence-corrected chi connectivity index (χ3v) is 4.03. The maximum absolute atomic E-state index is 3.63. The van der Waals surface area contributed by atoms with Crippen molar-refractivity contribution in [3.8, 4) is 0 Å². The van der Waals surface area contributed by atoms with Crippen LogP contribution in [0, 0.1) is 0 Å². The third kappa shape index (κ3) is 3.01. The van der Waals surface area contributed by atoms with Crippen LogP contribution < -0.4 is 5.32 Å². The Kier molecular flexibility index (Phi) is 3.88. The van der Waals surface area contributed by atoms with Crippen LogP contribution in [0.25, 0.3) is 10.9 Å². The molecule has 0 aliphatic heterocycles. The lowest BCUT2D eigenvalue weighted by Crippen LogP contribution is -2.14. The largest absolute Gasteiger partial charge is 0.347 e. The fraction of sp³-hybridized carbons (Fsp3) is 0.529. The number of nitrogens with one attached hydrogen (secondary N) is 1. The van der Waals surface area contributed by atoms with Gasteiger partial charge in [-0.25, -0.2) is 0 Å². The van der Waals surface area contributed by atoms with E-state index < -0.39 is 0 Å². The fourth-order valence-electron chi connectivity index (χ4n) is 2.72. The van der Waals surface area contributed by atoms with Crippen molar-refractivity contribution >= 4 is 10.9 Å². The van der Waals surface area contributed by atoms with Gasteiger partial charge in [-0.1, -0.05) is 38.0 Å². The van der Waals surface area contributed by atoms with Crippen LogP contribution in [-0.2, 0) is 13.1 Å². The molecule has 1 N–H and O–H groups in total. The number of aryl methyl sites for hydroxylation is 1. The van der Waals surface area contributed by atoms with E-state index in [0.717, 1.165) is 19.1 Å². The van der Waals surface area contributed by atoms with E-state index in [0.29, 0.717) is 0 Å². The van der Waals surface area contributed by atoms with Gasteiger partial charge in [0.15, 0.2) is 0 Å². The van der Waals surface area contributed by atoms with E-state index in [9.17, 15) is 0 Å². The van der Waals surface area contributed by atoms with Gasteiger partial charge in [-0.3, -0.25) is 0 Å². The minimum atomic E-state index is 0.780. The molecule has 0 spiro atoms. The highest BCUT2D eigenvalue weighted by Gasteiger charge is 2.20. The number of hydrogen-bond acceptors (Lipinski definition) is 1. The molecule has 0 radical (unpaired) electrons. The Labute approximate surface area is 115 Å². The van der Waals surface area contributed by atoms with Gasteiger partial charge in [0, 0.05) is 36.2 Å². The predicted molar refractivity (Wildman–Crippen MR) is 81.3 cm³/mol. The van der Waals surface area contributed by atoms with Crippen molar-refractivity contribution in [1.29, 1.82) is 0 Å². The highest BCUT2D eigenvalue weighted by Crippen LogP contribution is 2.24. The molecule has 0 unspecified atom stereocenters. The SMILES string of the molecule is CCCCCn1cc(CNC2CC2)c2ccccc21. The number of rotatable bonds is 7. The Morgan fingerprint density at radius 2 is 2.05 bits per heavy atom. The maximum Gasteiger partial charge on any atom is 0.0483 e. The van der Waals surface area contributed by atoms with Crippen LogP contribution in [-0.4, -0.2) is 10.6 Å². The van der Waals surface area contributed by atoms with E-state index in [2.05, 4.69) is 47.3 Å². The van der Waals surface area contributed by atoms with Crippen molar-refractivity contribution in [3.63, 3.8) is 0 Å². The maximum atomic E-state index is 3.63. The van der Waals surface area contributed by atoms with Crippen LogP contribution in [0.4, 0.5) is 0 Å². The van der Waals surface area contributed by atoms with Crippen molar-refractivity contribution in [2.75, 3.05) is 0 Å². The summed E-state index contributed by atoms with van der Waals surface area (Å²) in [6, 6.07) is 9.59. The average Bonchev–Trinajstić information content (AvgIpc) is 3.20. The van der Waals surface area contributed by atoms with Gasteiger partial charge >= 0.3 is 0 Å². The zero-order valence-electron chi connectivity index (χ0n) is 11.9. The number of aromatic nitrogens is 1. The van der Waals surface area contributed by atoms with Crippen LogP contribution in [0.15, 0.2) is 30.5 Å². The number of nitrogens with zero attached hydrogens (tertiary/aromatic N) is 1. The number of para-hydroxylation sites is 1. The molecular formula is C17H24N2. The quantitative estimate of drug-likeness (QED) is 0.738. The molecule has 2 heteroatoms. The standard InChI is InChI=1S/C17H24N2/c1-2-3-6-11-19-13-14(12-18-15-9-10-15)16-7-4-5-8-17(16)19/h4-5,7-8,13,15,18H,2-3,6,9-12H2,1H3. The van der Waals surface area contributed by atoms with Crippen molar-refractivity contribution in [1.82, 2.24) is 9.88 Å². The predicted octanol–water partition coefficient (Wildman–Crippen LogP) is 4.08. The van der Waals surface area contributed by atoms with E-state index in [-0.39, 0.29) is 0 Å². The van der Waals surface area contributed by atoms with Gasteiger partial charge in [0.05, 0.1) is 0 Å². The first kappa shape index (κ1) is 12.7. The summed E-state index contributed by atoms with van der Waals surface area (Å²) in [7, 11) is 0. The second-order valence-corrected chi connectivity index (χ2v) is 5.73. The monoisotopic (exact) mass is 256 g/mol. The lowest BCUT2D eigenvalue weighted by atomic mass is 10.2. The van der Waals surface area contributed by atoms with Crippen LogP contribution in [0.2, 0.25) is 0 Å². The van der Waals surface area contributed by atoms with Crippen LogP contribution in [0.1, 0.15) is 44.6 Å². The molecule has 3 rings (SSSR count). The Morgan fingerprint density at radius 3 is 2.84 bits per heavy atom. The molecule has 1 aliphatic rings. The van der Waals surface area contributed by atoms with Gasteiger partial charge in [0.1, 0.15) is 0 Å². The molecule has 1 heterocycles. The van der Waals surface area contributed by atoms with Gasteiger partial charge in [-0.15, -0.1) is 0 Å². The number of hydrogen-bond donors (Lipinski definition) is 1. The lowest BCUT2D eigenvalue weighted by molar-refractivity contribution is 0.612. The van der Waals surface area contributed by atoms with Gasteiger partial charge in [-0.2, -0.15) is 0 Å². The number of fused-ring (bicyclic) bond motifs is 1. The zero-order valence-corrected chi connectivity index (χ0v) is 11.9. The fourth-order valence-corrected chi connectivity index (χ4v) is 2.72. The Hall–Kier alpha value is -1.28. The van der Waals surface area contributed by atoms with E-state index in [4.69, 9.17) is 0 Å². The molecule has 1 aromatic carbocycles. The van der Waals surface area contributed by atoms with Gasteiger partial charge in [0.2, 0.25) is 0 Å². The van der Waals surface area contributed by atoms with Crippen molar-refractivity contribution in [2.45, 2.75) is 58.2 Å². The van der Waals surface area contributed by atoms with Crippen LogP contribution in [0.5, 0.6) is 0 Å². The molecule has 1 saturated carbocycles. The van der Waals surface area contributed by atoms with Crippen molar-refractivity contribution < 1.29 is 0 Å². The second-order valence-electron chi connectivity index (χ2n) is 5.73. The van der Waals surface area contributed by atoms with E-state index in [1.54, 1.807) is 0 Å². The topological polar surface area (TPSA) is 17.0 Å². The molecule has 0 amide bonds. The number of unbranched alkanes of at least 4 members (excludes halogenated alkanes) is 2. The molecule has 19 heavy (non-hydrogen) atoms. The highest BCUT2D eigenvalue weighted by molar-refractivity contribution is 5.83. The molecule has 1 aromatic heterocycles. The van der Waals surface area contributed by atoms with E-state index >= 15 is 0 Å². The molecule has 102 valence electrons. The van der Waals surface area contributed by atoms with E-state index in [1.165, 1.54) is 48.6 Å². The summed E-state index contributed by atoms with van der Waals surface area (Å²) >= 11 is 0. The minimum absolute atomic E-state index is 0.780. The molecule has 1 fully saturated rings. The van der Waals surface area contributed by atoms with Crippen molar-refractivity contribution in [2.24, 2.45) is 0 Å². The summed E-state index contributed by atoms with van der Waals surface area (Å²) < 4.78 is 2.44.